The first-order valence-electron chi connectivity index (χ1n) is 5.61. The quantitative estimate of drug-likeness (QED) is 0.659. The standard InChI is InChI=1S/C13H16ClF/c14-9-10-1-3-11(4-2-10)12-5-7-13(15)8-6-12/h5-8,10-11H,1-4,9H2/t10-,11-. The molecule has 2 rings (SSSR count). The molecule has 0 aliphatic heterocycles. The van der Waals surface area contributed by atoms with Crippen LogP contribution in [0.2, 0.25) is 0 Å². The van der Waals surface area contributed by atoms with Crippen molar-refractivity contribution in [3.8, 4) is 0 Å². The molecule has 0 nitrogen and oxygen atoms in total. The van der Waals surface area contributed by atoms with Crippen LogP contribution in [0.4, 0.5) is 4.39 Å². The maximum atomic E-state index is 12.8. The summed E-state index contributed by atoms with van der Waals surface area (Å²) < 4.78 is 12.8. The second-order valence-electron chi connectivity index (χ2n) is 4.42. The molecule has 1 aliphatic carbocycles. The summed E-state index contributed by atoms with van der Waals surface area (Å²) in [7, 11) is 0. The molecular weight excluding hydrogens is 211 g/mol. The molecule has 0 amide bonds. The van der Waals surface area contributed by atoms with E-state index in [-0.39, 0.29) is 5.82 Å². The number of halogens is 2. The van der Waals surface area contributed by atoms with Gasteiger partial charge in [0.15, 0.2) is 0 Å². The lowest BCUT2D eigenvalue weighted by Gasteiger charge is -2.27. The lowest BCUT2D eigenvalue weighted by atomic mass is 9.79. The van der Waals surface area contributed by atoms with E-state index in [9.17, 15) is 4.39 Å². The third-order valence-electron chi connectivity index (χ3n) is 3.41. The van der Waals surface area contributed by atoms with Gasteiger partial charge >= 0.3 is 0 Å². The molecule has 2 heteroatoms. The molecule has 0 saturated heterocycles. The first-order chi connectivity index (χ1) is 7.29. The minimum atomic E-state index is -0.145. The summed E-state index contributed by atoms with van der Waals surface area (Å²) in [5.74, 6) is 1.96. The van der Waals surface area contributed by atoms with Crippen molar-refractivity contribution in [1.82, 2.24) is 0 Å². The highest BCUT2D eigenvalue weighted by molar-refractivity contribution is 6.18. The predicted molar refractivity (Wildman–Crippen MR) is 61.8 cm³/mol. The van der Waals surface area contributed by atoms with Crippen LogP contribution >= 0.6 is 11.6 Å². The van der Waals surface area contributed by atoms with Gasteiger partial charge in [0.05, 0.1) is 0 Å². The average molecular weight is 227 g/mol. The Balaban J connectivity index is 1.98. The molecule has 0 N–H and O–H groups in total. The Morgan fingerprint density at radius 3 is 2.20 bits per heavy atom. The lowest BCUT2D eigenvalue weighted by molar-refractivity contribution is 0.351. The van der Waals surface area contributed by atoms with Crippen molar-refractivity contribution >= 4 is 11.6 Å². The summed E-state index contributed by atoms with van der Waals surface area (Å²) in [6, 6.07) is 6.95. The van der Waals surface area contributed by atoms with Crippen molar-refractivity contribution in [2.24, 2.45) is 5.92 Å². The van der Waals surface area contributed by atoms with Gasteiger partial charge in [-0.3, -0.25) is 0 Å². The fourth-order valence-electron chi connectivity index (χ4n) is 2.39. The van der Waals surface area contributed by atoms with Gasteiger partial charge in [-0.1, -0.05) is 12.1 Å². The van der Waals surface area contributed by atoms with Crippen molar-refractivity contribution in [2.75, 3.05) is 5.88 Å². The van der Waals surface area contributed by atoms with Crippen LogP contribution in [-0.2, 0) is 0 Å². The third kappa shape index (κ3) is 2.72. The van der Waals surface area contributed by atoms with E-state index in [0.717, 1.165) is 5.88 Å². The number of hydrogen-bond acceptors (Lipinski definition) is 0. The first-order valence-corrected chi connectivity index (χ1v) is 6.14. The van der Waals surface area contributed by atoms with Gasteiger partial charge in [-0.05, 0) is 55.2 Å². The Bertz CT molecular complexity index is 299. The summed E-state index contributed by atoms with van der Waals surface area (Å²) in [6.07, 6.45) is 4.82. The maximum absolute atomic E-state index is 12.8. The summed E-state index contributed by atoms with van der Waals surface area (Å²) in [5.41, 5.74) is 1.28. The van der Waals surface area contributed by atoms with E-state index < -0.39 is 0 Å². The zero-order valence-corrected chi connectivity index (χ0v) is 9.51. The topological polar surface area (TPSA) is 0 Å². The smallest absolute Gasteiger partial charge is 0.123 e. The number of benzene rings is 1. The average Bonchev–Trinajstić information content (AvgIpc) is 2.30. The Morgan fingerprint density at radius 2 is 1.67 bits per heavy atom. The summed E-state index contributed by atoms with van der Waals surface area (Å²) in [5, 5.41) is 0. The van der Waals surface area contributed by atoms with Gasteiger partial charge in [-0.2, -0.15) is 0 Å². The van der Waals surface area contributed by atoms with Crippen LogP contribution in [0, 0.1) is 11.7 Å². The van der Waals surface area contributed by atoms with E-state index in [1.165, 1.54) is 31.2 Å². The molecule has 0 unspecified atom stereocenters. The van der Waals surface area contributed by atoms with Crippen LogP contribution in [0.1, 0.15) is 37.2 Å². The molecule has 0 aromatic heterocycles. The molecular formula is C13H16ClF. The van der Waals surface area contributed by atoms with E-state index in [1.807, 2.05) is 12.1 Å². The number of alkyl halides is 1. The summed E-state index contributed by atoms with van der Waals surface area (Å²) >= 11 is 5.85. The van der Waals surface area contributed by atoms with E-state index in [1.54, 1.807) is 12.1 Å². The predicted octanol–water partition coefficient (Wildman–Crippen LogP) is 4.34. The summed E-state index contributed by atoms with van der Waals surface area (Å²) in [6.45, 7) is 0. The van der Waals surface area contributed by atoms with Crippen LogP contribution in [0.5, 0.6) is 0 Å². The fourth-order valence-corrected chi connectivity index (χ4v) is 2.69. The molecule has 82 valence electrons. The van der Waals surface area contributed by atoms with Crippen molar-refractivity contribution in [2.45, 2.75) is 31.6 Å². The molecule has 1 aliphatic rings. The van der Waals surface area contributed by atoms with Crippen LogP contribution in [-0.4, -0.2) is 5.88 Å². The zero-order chi connectivity index (χ0) is 10.7. The lowest BCUT2D eigenvalue weighted by Crippen LogP contribution is -2.14. The molecule has 0 spiro atoms. The molecule has 1 aromatic carbocycles. The monoisotopic (exact) mass is 226 g/mol. The number of hydrogen-bond donors (Lipinski definition) is 0. The van der Waals surface area contributed by atoms with Gasteiger partial charge in [0.2, 0.25) is 0 Å². The summed E-state index contributed by atoms with van der Waals surface area (Å²) in [4.78, 5) is 0. The third-order valence-corrected chi connectivity index (χ3v) is 3.84. The van der Waals surface area contributed by atoms with E-state index in [2.05, 4.69) is 0 Å². The Labute approximate surface area is 95.4 Å². The second-order valence-corrected chi connectivity index (χ2v) is 4.73. The first kappa shape index (κ1) is 10.9. The molecule has 0 bridgehead atoms. The molecule has 1 fully saturated rings. The Morgan fingerprint density at radius 1 is 1.07 bits per heavy atom. The van der Waals surface area contributed by atoms with Gasteiger partial charge in [-0.25, -0.2) is 4.39 Å². The van der Waals surface area contributed by atoms with Crippen molar-refractivity contribution in [3.63, 3.8) is 0 Å². The highest BCUT2D eigenvalue weighted by atomic mass is 35.5. The Hall–Kier alpha value is -0.560. The van der Waals surface area contributed by atoms with Gasteiger partial charge in [-0.15, -0.1) is 11.6 Å². The van der Waals surface area contributed by atoms with Crippen LogP contribution < -0.4 is 0 Å². The van der Waals surface area contributed by atoms with Crippen LogP contribution in [0.25, 0.3) is 0 Å². The van der Waals surface area contributed by atoms with E-state index in [4.69, 9.17) is 11.6 Å². The van der Waals surface area contributed by atoms with Crippen molar-refractivity contribution in [1.29, 1.82) is 0 Å². The fraction of sp³-hybridized carbons (Fsp3) is 0.538. The highest BCUT2D eigenvalue weighted by Crippen LogP contribution is 2.36. The maximum Gasteiger partial charge on any atom is 0.123 e. The largest absolute Gasteiger partial charge is 0.207 e. The van der Waals surface area contributed by atoms with Crippen LogP contribution in [0.3, 0.4) is 0 Å². The molecule has 1 aromatic rings. The second kappa shape index (κ2) is 4.98. The van der Waals surface area contributed by atoms with Gasteiger partial charge in [0.25, 0.3) is 0 Å². The molecule has 15 heavy (non-hydrogen) atoms. The molecule has 0 atom stereocenters. The molecule has 1 saturated carbocycles. The SMILES string of the molecule is Fc1ccc([C@H]2CC[C@H](CCl)CC2)cc1. The minimum Gasteiger partial charge on any atom is -0.207 e. The normalized spacial score (nSPS) is 26.5. The molecule has 0 radical (unpaired) electrons. The molecule has 0 heterocycles. The van der Waals surface area contributed by atoms with Crippen LogP contribution in [0.15, 0.2) is 24.3 Å². The van der Waals surface area contributed by atoms with Gasteiger partial charge in [0.1, 0.15) is 5.82 Å². The van der Waals surface area contributed by atoms with Crippen molar-refractivity contribution in [3.05, 3.63) is 35.6 Å². The van der Waals surface area contributed by atoms with Gasteiger partial charge < -0.3 is 0 Å². The van der Waals surface area contributed by atoms with E-state index >= 15 is 0 Å². The van der Waals surface area contributed by atoms with Gasteiger partial charge in [0, 0.05) is 5.88 Å². The zero-order valence-electron chi connectivity index (χ0n) is 8.76. The van der Waals surface area contributed by atoms with Crippen molar-refractivity contribution < 1.29 is 4.39 Å². The highest BCUT2D eigenvalue weighted by Gasteiger charge is 2.21. The number of rotatable bonds is 2. The Kier molecular flexibility index (Phi) is 3.63. The van der Waals surface area contributed by atoms with E-state index in [0.29, 0.717) is 11.8 Å². The minimum absolute atomic E-state index is 0.145.